The molecule has 2 unspecified atom stereocenters. The maximum atomic E-state index is 11.4. The van der Waals surface area contributed by atoms with Gasteiger partial charge in [0.05, 0.1) is 6.10 Å². The first-order valence-corrected chi connectivity index (χ1v) is 5.71. The van der Waals surface area contributed by atoms with Gasteiger partial charge in [-0.15, -0.1) is 0 Å². The number of carboxylic acids is 1. The van der Waals surface area contributed by atoms with Crippen LogP contribution in [0.4, 0.5) is 0 Å². The van der Waals surface area contributed by atoms with Gasteiger partial charge in [-0.2, -0.15) is 0 Å². The number of carbonyl (C=O) groups is 2. The lowest BCUT2D eigenvalue weighted by Crippen LogP contribution is -2.58. The van der Waals surface area contributed by atoms with Crippen LogP contribution in [0.1, 0.15) is 25.7 Å². The number of hydrogen-bond acceptors (Lipinski definition) is 3. The molecule has 5 nitrogen and oxygen atoms in total. The molecule has 0 aromatic rings. The van der Waals surface area contributed by atoms with Crippen molar-refractivity contribution in [1.29, 1.82) is 0 Å². The molecule has 2 aliphatic rings. The first kappa shape index (κ1) is 11.4. The summed E-state index contributed by atoms with van der Waals surface area (Å²) in [7, 11) is 1.55. The van der Waals surface area contributed by atoms with Crippen molar-refractivity contribution < 1.29 is 19.4 Å². The number of aliphatic carboxylic acids is 1. The minimum Gasteiger partial charge on any atom is -0.480 e. The van der Waals surface area contributed by atoms with Gasteiger partial charge in [0.2, 0.25) is 5.91 Å². The molecule has 0 spiro atoms. The summed E-state index contributed by atoms with van der Waals surface area (Å²) < 4.78 is 5.45. The Kier molecular flexibility index (Phi) is 3.14. The second kappa shape index (κ2) is 4.41. The third-order valence-electron chi connectivity index (χ3n) is 3.64. The summed E-state index contributed by atoms with van der Waals surface area (Å²) in [6, 6.07) is -0.815. The quantitative estimate of drug-likeness (QED) is 0.745. The van der Waals surface area contributed by atoms with Crippen LogP contribution in [0.5, 0.6) is 0 Å². The van der Waals surface area contributed by atoms with Gasteiger partial charge in [0.25, 0.3) is 0 Å². The van der Waals surface area contributed by atoms with E-state index in [9.17, 15) is 14.7 Å². The summed E-state index contributed by atoms with van der Waals surface area (Å²) in [5.74, 6) is -0.925. The Hall–Kier alpha value is -1.10. The van der Waals surface area contributed by atoms with Gasteiger partial charge < -0.3 is 14.7 Å². The highest BCUT2D eigenvalue weighted by Crippen LogP contribution is 2.33. The zero-order valence-corrected chi connectivity index (χ0v) is 9.39. The molecular formula is C11H17NO4. The third kappa shape index (κ3) is 1.91. The fourth-order valence-electron chi connectivity index (χ4n) is 2.72. The Bertz CT molecular complexity index is 298. The number of ether oxygens (including phenoxy) is 1. The van der Waals surface area contributed by atoms with E-state index < -0.39 is 12.0 Å². The zero-order chi connectivity index (χ0) is 11.7. The predicted molar refractivity (Wildman–Crippen MR) is 55.9 cm³/mol. The molecule has 16 heavy (non-hydrogen) atoms. The van der Waals surface area contributed by atoms with Crippen molar-refractivity contribution in [3.63, 3.8) is 0 Å². The largest absolute Gasteiger partial charge is 0.480 e. The molecule has 1 saturated heterocycles. The Morgan fingerprint density at radius 1 is 1.44 bits per heavy atom. The molecule has 1 aliphatic heterocycles. The fraction of sp³-hybridized carbons (Fsp3) is 0.818. The minimum absolute atomic E-state index is 0.0153. The zero-order valence-electron chi connectivity index (χ0n) is 9.39. The van der Waals surface area contributed by atoms with E-state index in [-0.39, 0.29) is 24.5 Å². The van der Waals surface area contributed by atoms with Crippen LogP contribution in [0.25, 0.3) is 0 Å². The van der Waals surface area contributed by atoms with Crippen LogP contribution in [0.2, 0.25) is 0 Å². The molecule has 1 heterocycles. The lowest BCUT2D eigenvalue weighted by atomic mass is 9.92. The van der Waals surface area contributed by atoms with E-state index in [0.29, 0.717) is 0 Å². The lowest BCUT2D eigenvalue weighted by Gasteiger charge is -2.38. The lowest BCUT2D eigenvalue weighted by molar-refractivity contribution is -0.173. The maximum absolute atomic E-state index is 11.4. The molecule has 0 radical (unpaired) electrons. The molecule has 90 valence electrons. The summed E-state index contributed by atoms with van der Waals surface area (Å²) in [5, 5.41) is 9.18. The third-order valence-corrected chi connectivity index (χ3v) is 3.64. The number of rotatable bonds is 2. The molecule has 2 atom stereocenters. The average Bonchev–Trinajstić information content (AvgIpc) is 2.74. The van der Waals surface area contributed by atoms with E-state index >= 15 is 0 Å². The van der Waals surface area contributed by atoms with Gasteiger partial charge in [-0.25, -0.2) is 4.79 Å². The molecule has 5 heteroatoms. The number of likely N-dealkylation sites (N-methyl/N-ethyl adjacent to an activating group) is 1. The van der Waals surface area contributed by atoms with E-state index in [4.69, 9.17) is 4.74 Å². The van der Waals surface area contributed by atoms with Gasteiger partial charge in [-0.1, -0.05) is 12.8 Å². The van der Waals surface area contributed by atoms with E-state index in [1.807, 2.05) is 0 Å². The van der Waals surface area contributed by atoms with Crippen LogP contribution in [0.3, 0.4) is 0 Å². The summed E-state index contributed by atoms with van der Waals surface area (Å²) in [4.78, 5) is 23.9. The normalized spacial score (nSPS) is 32.1. The molecule has 0 aromatic carbocycles. The van der Waals surface area contributed by atoms with Crippen molar-refractivity contribution in [2.24, 2.45) is 5.92 Å². The second-order valence-electron chi connectivity index (χ2n) is 4.61. The molecule has 1 saturated carbocycles. The van der Waals surface area contributed by atoms with Crippen LogP contribution >= 0.6 is 0 Å². The fourth-order valence-corrected chi connectivity index (χ4v) is 2.72. The van der Waals surface area contributed by atoms with Gasteiger partial charge in [-0.05, 0) is 18.8 Å². The van der Waals surface area contributed by atoms with Crippen LogP contribution in [-0.4, -0.2) is 47.7 Å². The molecular weight excluding hydrogens is 210 g/mol. The highest BCUT2D eigenvalue weighted by molar-refractivity contribution is 5.85. The highest BCUT2D eigenvalue weighted by Gasteiger charge is 2.43. The monoisotopic (exact) mass is 227 g/mol. The summed E-state index contributed by atoms with van der Waals surface area (Å²) in [6.45, 7) is 0.0153. The molecule has 2 fully saturated rings. The number of carboxylic acid groups (broad SMARTS) is 1. The van der Waals surface area contributed by atoms with Crippen molar-refractivity contribution in [2.45, 2.75) is 37.8 Å². The number of amides is 1. The number of nitrogens with zero attached hydrogens (tertiary/aromatic N) is 1. The Morgan fingerprint density at radius 3 is 2.62 bits per heavy atom. The van der Waals surface area contributed by atoms with Crippen molar-refractivity contribution in [2.75, 3.05) is 13.7 Å². The molecule has 1 aliphatic carbocycles. The van der Waals surface area contributed by atoms with E-state index in [1.54, 1.807) is 7.05 Å². The number of morpholine rings is 1. The van der Waals surface area contributed by atoms with Crippen molar-refractivity contribution in [3.05, 3.63) is 0 Å². The Labute approximate surface area is 94.4 Å². The van der Waals surface area contributed by atoms with E-state index in [0.717, 1.165) is 25.7 Å². The topological polar surface area (TPSA) is 66.8 Å². The van der Waals surface area contributed by atoms with Crippen molar-refractivity contribution >= 4 is 11.9 Å². The Morgan fingerprint density at radius 2 is 2.06 bits per heavy atom. The smallest absolute Gasteiger partial charge is 0.329 e. The second-order valence-corrected chi connectivity index (χ2v) is 4.61. The standard InChI is InChI=1S/C11H17NO4/c1-12-8(13)6-16-10(9(12)11(14)15)7-4-2-3-5-7/h7,9-10H,2-6H2,1H3,(H,14,15). The summed E-state index contributed by atoms with van der Waals surface area (Å²) in [6.07, 6.45) is 3.96. The van der Waals surface area contributed by atoms with Gasteiger partial charge in [0, 0.05) is 7.05 Å². The maximum Gasteiger partial charge on any atom is 0.329 e. The molecule has 2 rings (SSSR count). The predicted octanol–water partition coefficient (Wildman–Crippen LogP) is 0.487. The van der Waals surface area contributed by atoms with Gasteiger partial charge in [0.15, 0.2) is 6.04 Å². The van der Waals surface area contributed by atoms with Crippen molar-refractivity contribution in [1.82, 2.24) is 4.90 Å². The molecule has 0 bridgehead atoms. The SMILES string of the molecule is CN1C(=O)COC(C2CCCC2)C1C(=O)O. The van der Waals surface area contributed by atoms with Crippen LogP contribution < -0.4 is 0 Å². The average molecular weight is 227 g/mol. The van der Waals surface area contributed by atoms with E-state index in [2.05, 4.69) is 0 Å². The van der Waals surface area contributed by atoms with Crippen LogP contribution in [0.15, 0.2) is 0 Å². The molecule has 1 N–H and O–H groups in total. The van der Waals surface area contributed by atoms with Crippen LogP contribution in [-0.2, 0) is 14.3 Å². The minimum atomic E-state index is -0.965. The highest BCUT2D eigenvalue weighted by atomic mass is 16.5. The summed E-state index contributed by atoms with van der Waals surface area (Å²) in [5.41, 5.74) is 0. The van der Waals surface area contributed by atoms with Gasteiger partial charge in [-0.3, -0.25) is 4.79 Å². The van der Waals surface area contributed by atoms with Gasteiger partial charge >= 0.3 is 5.97 Å². The first-order chi connectivity index (χ1) is 7.61. The first-order valence-electron chi connectivity index (χ1n) is 5.71. The molecule has 0 aromatic heterocycles. The molecule has 1 amide bonds. The number of hydrogen-bond donors (Lipinski definition) is 1. The Balaban J connectivity index is 2.15. The summed E-state index contributed by atoms with van der Waals surface area (Å²) >= 11 is 0. The number of carbonyl (C=O) groups excluding carboxylic acids is 1. The van der Waals surface area contributed by atoms with E-state index in [1.165, 1.54) is 4.90 Å². The van der Waals surface area contributed by atoms with Crippen molar-refractivity contribution in [3.8, 4) is 0 Å². The van der Waals surface area contributed by atoms with Crippen LogP contribution in [0, 0.1) is 5.92 Å². The van der Waals surface area contributed by atoms with Gasteiger partial charge in [0.1, 0.15) is 6.61 Å².